The lowest BCUT2D eigenvalue weighted by Gasteiger charge is -2.41. The van der Waals surface area contributed by atoms with Crippen LogP contribution in [0.1, 0.15) is 24.4 Å². The molecule has 0 radical (unpaired) electrons. The predicted octanol–water partition coefficient (Wildman–Crippen LogP) is 2.76. The van der Waals surface area contributed by atoms with Crippen LogP contribution >= 0.6 is 15.9 Å². The van der Waals surface area contributed by atoms with Crippen molar-refractivity contribution >= 4 is 21.8 Å². The fraction of sp³-hybridized carbons (Fsp3) is 0.375. The minimum atomic E-state index is -0.239. The molecule has 1 aromatic carbocycles. The monoisotopic (exact) mass is 345 g/mol. The molecular weight excluding hydrogens is 330 g/mol. The van der Waals surface area contributed by atoms with E-state index in [0.717, 1.165) is 30.4 Å². The molecule has 1 aliphatic carbocycles. The summed E-state index contributed by atoms with van der Waals surface area (Å²) in [7, 11) is 0. The molecule has 2 heterocycles. The third-order valence-corrected chi connectivity index (χ3v) is 4.99. The quantitative estimate of drug-likeness (QED) is 0.857. The molecule has 0 bridgehead atoms. The van der Waals surface area contributed by atoms with E-state index in [0.29, 0.717) is 6.04 Å². The van der Waals surface area contributed by atoms with Crippen molar-refractivity contribution in [1.82, 2.24) is 14.7 Å². The maximum Gasteiger partial charge on any atom is 0.233 e. The zero-order valence-electron chi connectivity index (χ0n) is 11.6. The molecular formula is C16H16BrN3O. The highest BCUT2D eigenvalue weighted by Crippen LogP contribution is 2.50. The van der Waals surface area contributed by atoms with Crippen LogP contribution in [0.2, 0.25) is 0 Å². The van der Waals surface area contributed by atoms with Crippen molar-refractivity contribution in [3.8, 4) is 0 Å². The number of likely N-dealkylation sites (tertiary alicyclic amines) is 1. The third-order valence-electron chi connectivity index (χ3n) is 4.58. The molecule has 21 heavy (non-hydrogen) atoms. The van der Waals surface area contributed by atoms with Crippen LogP contribution in [0.15, 0.2) is 47.2 Å². The molecule has 0 spiro atoms. The summed E-state index contributed by atoms with van der Waals surface area (Å²) in [6.45, 7) is 1.53. The number of benzene rings is 1. The van der Waals surface area contributed by atoms with Gasteiger partial charge in [-0.2, -0.15) is 5.10 Å². The van der Waals surface area contributed by atoms with Gasteiger partial charge in [-0.15, -0.1) is 0 Å². The highest BCUT2D eigenvalue weighted by molar-refractivity contribution is 9.10. The first kappa shape index (κ1) is 13.1. The Morgan fingerprint density at radius 3 is 2.52 bits per heavy atom. The summed E-state index contributed by atoms with van der Waals surface area (Å²) in [5, 5.41) is 4.30. The van der Waals surface area contributed by atoms with E-state index >= 15 is 0 Å². The SMILES string of the molecule is O=C(N1CC(n2cc(Br)cn2)C1)C1(c2ccccc2)CC1. The van der Waals surface area contributed by atoms with Gasteiger partial charge >= 0.3 is 0 Å². The molecule has 0 unspecified atom stereocenters. The molecule has 1 saturated heterocycles. The number of nitrogens with zero attached hydrogens (tertiary/aromatic N) is 3. The lowest BCUT2D eigenvalue weighted by Crippen LogP contribution is -2.54. The molecule has 1 saturated carbocycles. The molecule has 2 fully saturated rings. The van der Waals surface area contributed by atoms with Gasteiger partial charge in [-0.25, -0.2) is 0 Å². The molecule has 2 aliphatic rings. The Kier molecular flexibility index (Phi) is 2.92. The van der Waals surface area contributed by atoms with Crippen LogP contribution < -0.4 is 0 Å². The van der Waals surface area contributed by atoms with E-state index in [1.807, 2.05) is 34.0 Å². The van der Waals surface area contributed by atoms with E-state index in [4.69, 9.17) is 0 Å². The van der Waals surface area contributed by atoms with E-state index in [1.54, 1.807) is 6.20 Å². The second kappa shape index (κ2) is 4.70. The predicted molar refractivity (Wildman–Crippen MR) is 82.9 cm³/mol. The smallest absolute Gasteiger partial charge is 0.233 e. The lowest BCUT2D eigenvalue weighted by atomic mass is 9.92. The first-order chi connectivity index (χ1) is 10.2. The third kappa shape index (κ3) is 2.11. The van der Waals surface area contributed by atoms with Gasteiger partial charge in [-0.1, -0.05) is 30.3 Å². The molecule has 2 aromatic rings. The number of rotatable bonds is 3. The fourth-order valence-electron chi connectivity index (χ4n) is 3.11. The first-order valence-corrected chi connectivity index (χ1v) is 8.03. The maximum absolute atomic E-state index is 12.8. The minimum Gasteiger partial charge on any atom is -0.337 e. The average molecular weight is 346 g/mol. The zero-order chi connectivity index (χ0) is 14.4. The Balaban J connectivity index is 1.46. The largest absolute Gasteiger partial charge is 0.337 e. The number of hydrogen-bond acceptors (Lipinski definition) is 2. The van der Waals surface area contributed by atoms with Crippen molar-refractivity contribution in [3.05, 3.63) is 52.8 Å². The summed E-state index contributed by atoms with van der Waals surface area (Å²) >= 11 is 3.41. The molecule has 4 nitrogen and oxygen atoms in total. The maximum atomic E-state index is 12.8. The van der Waals surface area contributed by atoms with Gasteiger partial charge in [0.15, 0.2) is 0 Å². The van der Waals surface area contributed by atoms with Crippen LogP contribution in [0.3, 0.4) is 0 Å². The zero-order valence-corrected chi connectivity index (χ0v) is 13.2. The lowest BCUT2D eigenvalue weighted by molar-refractivity contribution is -0.140. The molecule has 1 amide bonds. The van der Waals surface area contributed by atoms with Gasteiger partial charge < -0.3 is 4.90 Å². The second-order valence-corrected chi connectivity index (χ2v) is 6.87. The van der Waals surface area contributed by atoms with Crippen LogP contribution in [0, 0.1) is 0 Å². The van der Waals surface area contributed by atoms with E-state index in [-0.39, 0.29) is 11.3 Å². The summed E-state index contributed by atoms with van der Waals surface area (Å²) in [5.41, 5.74) is 0.928. The van der Waals surface area contributed by atoms with Crippen LogP contribution in [-0.4, -0.2) is 33.7 Å². The number of amides is 1. The standard InChI is InChI=1S/C16H16BrN3O/c17-13-8-18-20(9-13)14-10-19(11-14)15(21)16(6-7-16)12-4-2-1-3-5-12/h1-5,8-9,14H,6-7,10-11H2. The van der Waals surface area contributed by atoms with Gasteiger partial charge in [0.05, 0.1) is 22.1 Å². The van der Waals surface area contributed by atoms with Gasteiger partial charge in [0.2, 0.25) is 5.91 Å². The second-order valence-electron chi connectivity index (χ2n) is 5.95. The van der Waals surface area contributed by atoms with Crippen LogP contribution in [0.5, 0.6) is 0 Å². The number of halogens is 1. The number of carbonyl (C=O) groups is 1. The number of aromatic nitrogens is 2. The van der Waals surface area contributed by atoms with E-state index in [1.165, 1.54) is 5.56 Å². The summed E-state index contributed by atoms with van der Waals surface area (Å²) in [6, 6.07) is 10.5. The van der Waals surface area contributed by atoms with Crippen molar-refractivity contribution in [2.45, 2.75) is 24.3 Å². The van der Waals surface area contributed by atoms with Gasteiger partial charge in [0, 0.05) is 19.3 Å². The average Bonchev–Trinajstić information content (AvgIpc) is 3.16. The molecule has 0 atom stereocenters. The summed E-state index contributed by atoms with van der Waals surface area (Å²) in [6.07, 6.45) is 5.71. The number of hydrogen-bond donors (Lipinski definition) is 0. The molecule has 0 N–H and O–H groups in total. The van der Waals surface area contributed by atoms with E-state index in [9.17, 15) is 4.79 Å². The van der Waals surface area contributed by atoms with Gasteiger partial charge in [0.25, 0.3) is 0 Å². The fourth-order valence-corrected chi connectivity index (χ4v) is 3.42. The molecule has 5 heteroatoms. The van der Waals surface area contributed by atoms with E-state index < -0.39 is 0 Å². The topological polar surface area (TPSA) is 38.1 Å². The van der Waals surface area contributed by atoms with Crippen molar-refractivity contribution in [1.29, 1.82) is 0 Å². The Morgan fingerprint density at radius 2 is 1.95 bits per heavy atom. The van der Waals surface area contributed by atoms with Gasteiger partial charge in [-0.3, -0.25) is 9.48 Å². The van der Waals surface area contributed by atoms with Crippen LogP contribution in [0.25, 0.3) is 0 Å². The number of carbonyl (C=O) groups excluding carboxylic acids is 1. The van der Waals surface area contributed by atoms with Crippen molar-refractivity contribution in [3.63, 3.8) is 0 Å². The van der Waals surface area contributed by atoms with E-state index in [2.05, 4.69) is 33.2 Å². The van der Waals surface area contributed by atoms with Crippen molar-refractivity contribution < 1.29 is 4.79 Å². The Hall–Kier alpha value is -1.62. The summed E-state index contributed by atoms with van der Waals surface area (Å²) < 4.78 is 2.92. The summed E-state index contributed by atoms with van der Waals surface area (Å²) in [4.78, 5) is 14.8. The molecule has 1 aromatic heterocycles. The van der Waals surface area contributed by atoms with Gasteiger partial charge in [-0.05, 0) is 34.3 Å². The normalized spacial score (nSPS) is 20.1. The van der Waals surface area contributed by atoms with Gasteiger partial charge in [0.1, 0.15) is 0 Å². The summed E-state index contributed by atoms with van der Waals surface area (Å²) in [5.74, 6) is 0.288. The molecule has 4 rings (SSSR count). The molecule has 1 aliphatic heterocycles. The highest BCUT2D eigenvalue weighted by Gasteiger charge is 2.54. The Morgan fingerprint density at radius 1 is 1.24 bits per heavy atom. The van der Waals surface area contributed by atoms with Crippen molar-refractivity contribution in [2.75, 3.05) is 13.1 Å². The Bertz CT molecular complexity index is 672. The van der Waals surface area contributed by atoms with Crippen molar-refractivity contribution in [2.24, 2.45) is 0 Å². The highest BCUT2D eigenvalue weighted by atomic mass is 79.9. The van der Waals surface area contributed by atoms with Crippen LogP contribution in [0.4, 0.5) is 0 Å². The minimum absolute atomic E-state index is 0.239. The Labute approximate surface area is 131 Å². The molecule has 108 valence electrons. The van der Waals surface area contributed by atoms with Crippen LogP contribution in [-0.2, 0) is 10.2 Å². The first-order valence-electron chi connectivity index (χ1n) is 7.24.